The van der Waals surface area contributed by atoms with Gasteiger partial charge in [-0.25, -0.2) is 0 Å². The van der Waals surface area contributed by atoms with Gasteiger partial charge in [0.15, 0.2) is 0 Å². The summed E-state index contributed by atoms with van der Waals surface area (Å²) in [5, 5.41) is 3.10. The number of nitrogens with zero attached hydrogens (tertiary/aromatic N) is 1. The zero-order valence-corrected chi connectivity index (χ0v) is 12.7. The standard InChI is InChI=1S/C18H24N2O/c1-14(13-19-18(21)12-15-6-2-3-7-15)20-11-10-16-8-4-5-9-17(16)20/h2,4-6,8-9,14-15H,3,7,10-13H2,1H3,(H,19,21)/t14-,15+/m1/s1. The number of allylic oxidation sites excluding steroid dienone is 2. The molecular weight excluding hydrogens is 260 g/mol. The minimum absolute atomic E-state index is 0.186. The van der Waals surface area contributed by atoms with Gasteiger partial charge in [-0.1, -0.05) is 30.4 Å². The number of hydrogen-bond acceptors (Lipinski definition) is 2. The van der Waals surface area contributed by atoms with E-state index in [1.807, 2.05) is 0 Å². The van der Waals surface area contributed by atoms with E-state index >= 15 is 0 Å². The molecule has 1 amide bonds. The van der Waals surface area contributed by atoms with Gasteiger partial charge in [-0.3, -0.25) is 4.79 Å². The number of rotatable bonds is 5. The van der Waals surface area contributed by atoms with E-state index in [2.05, 4.69) is 53.6 Å². The average Bonchev–Trinajstić information content (AvgIpc) is 3.13. The lowest BCUT2D eigenvalue weighted by Gasteiger charge is -2.27. The van der Waals surface area contributed by atoms with Gasteiger partial charge in [-0.2, -0.15) is 0 Å². The first-order chi connectivity index (χ1) is 10.2. The summed E-state index contributed by atoms with van der Waals surface area (Å²) in [7, 11) is 0. The summed E-state index contributed by atoms with van der Waals surface area (Å²) >= 11 is 0. The number of carbonyl (C=O) groups excluding carboxylic acids is 1. The van der Waals surface area contributed by atoms with Crippen molar-refractivity contribution in [3.05, 3.63) is 42.0 Å². The summed E-state index contributed by atoms with van der Waals surface area (Å²) in [6.45, 7) is 3.98. The fraction of sp³-hybridized carbons (Fsp3) is 0.500. The molecule has 3 rings (SSSR count). The van der Waals surface area contributed by atoms with E-state index in [1.54, 1.807) is 0 Å². The summed E-state index contributed by atoms with van der Waals surface area (Å²) in [5.41, 5.74) is 2.75. The van der Waals surface area contributed by atoms with E-state index in [1.165, 1.54) is 11.3 Å². The zero-order valence-electron chi connectivity index (χ0n) is 12.7. The van der Waals surface area contributed by atoms with Gasteiger partial charge in [0.1, 0.15) is 0 Å². The minimum Gasteiger partial charge on any atom is -0.366 e. The molecule has 3 heteroatoms. The summed E-state index contributed by atoms with van der Waals surface area (Å²) in [5.74, 6) is 0.638. The summed E-state index contributed by atoms with van der Waals surface area (Å²) in [4.78, 5) is 14.4. The Morgan fingerprint density at radius 3 is 3.10 bits per heavy atom. The highest BCUT2D eigenvalue weighted by atomic mass is 16.1. The molecule has 3 nitrogen and oxygen atoms in total. The van der Waals surface area contributed by atoms with Crippen molar-refractivity contribution < 1.29 is 4.79 Å². The number of carbonyl (C=O) groups is 1. The van der Waals surface area contributed by atoms with E-state index in [-0.39, 0.29) is 5.91 Å². The van der Waals surface area contributed by atoms with Gasteiger partial charge in [0.2, 0.25) is 5.91 Å². The van der Waals surface area contributed by atoms with E-state index in [4.69, 9.17) is 0 Å². The van der Waals surface area contributed by atoms with Crippen LogP contribution >= 0.6 is 0 Å². The predicted octanol–water partition coefficient (Wildman–Crippen LogP) is 2.91. The van der Waals surface area contributed by atoms with E-state index < -0.39 is 0 Å². The first-order valence-corrected chi connectivity index (χ1v) is 8.02. The Labute approximate surface area is 127 Å². The highest BCUT2D eigenvalue weighted by Gasteiger charge is 2.23. The Kier molecular flexibility index (Phi) is 4.28. The molecule has 0 spiro atoms. The predicted molar refractivity (Wildman–Crippen MR) is 86.4 cm³/mol. The normalized spacial score (nSPS) is 21.4. The van der Waals surface area contributed by atoms with Crippen LogP contribution in [0.3, 0.4) is 0 Å². The third-order valence-corrected chi connectivity index (χ3v) is 4.61. The molecule has 1 aliphatic heterocycles. The second kappa shape index (κ2) is 6.33. The van der Waals surface area contributed by atoms with Crippen molar-refractivity contribution in [3.8, 4) is 0 Å². The van der Waals surface area contributed by atoms with Crippen molar-refractivity contribution in [2.75, 3.05) is 18.0 Å². The van der Waals surface area contributed by atoms with Gasteiger partial charge in [0.25, 0.3) is 0 Å². The van der Waals surface area contributed by atoms with Crippen LogP contribution in [0.5, 0.6) is 0 Å². The quantitative estimate of drug-likeness (QED) is 0.843. The van der Waals surface area contributed by atoms with Crippen LogP contribution in [0, 0.1) is 5.92 Å². The molecule has 1 aromatic rings. The van der Waals surface area contributed by atoms with E-state index in [9.17, 15) is 4.79 Å². The van der Waals surface area contributed by atoms with Crippen molar-refractivity contribution in [1.29, 1.82) is 0 Å². The Balaban J connectivity index is 1.49. The minimum atomic E-state index is 0.186. The van der Waals surface area contributed by atoms with Crippen LogP contribution in [0.1, 0.15) is 31.7 Å². The first-order valence-electron chi connectivity index (χ1n) is 8.02. The molecule has 0 unspecified atom stereocenters. The fourth-order valence-corrected chi connectivity index (χ4v) is 3.37. The van der Waals surface area contributed by atoms with Crippen LogP contribution in [0.15, 0.2) is 36.4 Å². The first kappa shape index (κ1) is 14.2. The Bertz CT molecular complexity index is 538. The van der Waals surface area contributed by atoms with Crippen LogP contribution < -0.4 is 10.2 Å². The van der Waals surface area contributed by atoms with Crippen LogP contribution in [0.4, 0.5) is 5.69 Å². The average molecular weight is 284 g/mol. The van der Waals surface area contributed by atoms with E-state index in [0.29, 0.717) is 18.4 Å². The van der Waals surface area contributed by atoms with Gasteiger partial charge in [-0.15, -0.1) is 0 Å². The zero-order chi connectivity index (χ0) is 14.7. The summed E-state index contributed by atoms with van der Waals surface area (Å²) < 4.78 is 0. The lowest BCUT2D eigenvalue weighted by molar-refractivity contribution is -0.121. The molecule has 1 aliphatic carbocycles. The lowest BCUT2D eigenvalue weighted by Crippen LogP contribution is -2.41. The molecule has 0 fully saturated rings. The molecule has 0 radical (unpaired) electrons. The number of anilines is 1. The molecule has 2 atom stereocenters. The number of amides is 1. The molecule has 1 aromatic carbocycles. The third kappa shape index (κ3) is 3.29. The maximum absolute atomic E-state index is 12.0. The smallest absolute Gasteiger partial charge is 0.220 e. The van der Waals surface area contributed by atoms with Crippen molar-refractivity contribution in [2.24, 2.45) is 5.92 Å². The second-order valence-corrected chi connectivity index (χ2v) is 6.19. The van der Waals surface area contributed by atoms with Crippen LogP contribution in [0.2, 0.25) is 0 Å². The molecule has 0 saturated heterocycles. The van der Waals surface area contributed by atoms with Gasteiger partial charge in [-0.05, 0) is 43.7 Å². The molecule has 0 saturated carbocycles. The van der Waals surface area contributed by atoms with Gasteiger partial charge in [0, 0.05) is 31.2 Å². The third-order valence-electron chi connectivity index (χ3n) is 4.61. The number of nitrogens with one attached hydrogen (secondary N) is 1. The summed E-state index contributed by atoms with van der Waals surface area (Å²) in [6.07, 6.45) is 8.37. The highest BCUT2D eigenvalue weighted by molar-refractivity contribution is 5.76. The molecule has 2 aliphatic rings. The van der Waals surface area contributed by atoms with Crippen LogP contribution in [-0.2, 0) is 11.2 Å². The van der Waals surface area contributed by atoms with Crippen molar-refractivity contribution >= 4 is 11.6 Å². The number of para-hydroxylation sites is 1. The van der Waals surface area contributed by atoms with Gasteiger partial charge >= 0.3 is 0 Å². The summed E-state index contributed by atoms with van der Waals surface area (Å²) in [6, 6.07) is 8.92. The Morgan fingerprint density at radius 1 is 1.43 bits per heavy atom. The van der Waals surface area contributed by atoms with Gasteiger partial charge in [0.05, 0.1) is 0 Å². The van der Waals surface area contributed by atoms with Crippen LogP contribution in [-0.4, -0.2) is 25.0 Å². The fourth-order valence-electron chi connectivity index (χ4n) is 3.37. The molecule has 0 bridgehead atoms. The largest absolute Gasteiger partial charge is 0.366 e. The van der Waals surface area contributed by atoms with Crippen molar-refractivity contribution in [2.45, 2.75) is 38.6 Å². The molecule has 1 N–H and O–H groups in total. The molecular formula is C18H24N2O. The topological polar surface area (TPSA) is 32.3 Å². The number of fused-ring (bicyclic) bond motifs is 1. The molecule has 1 heterocycles. The Morgan fingerprint density at radius 2 is 2.29 bits per heavy atom. The lowest BCUT2D eigenvalue weighted by atomic mass is 10.1. The van der Waals surface area contributed by atoms with Crippen molar-refractivity contribution in [1.82, 2.24) is 5.32 Å². The second-order valence-electron chi connectivity index (χ2n) is 6.19. The monoisotopic (exact) mass is 284 g/mol. The number of benzene rings is 1. The van der Waals surface area contributed by atoms with E-state index in [0.717, 1.165) is 32.4 Å². The highest BCUT2D eigenvalue weighted by Crippen LogP contribution is 2.29. The molecule has 0 aromatic heterocycles. The SMILES string of the molecule is C[C@H](CNC(=O)C[C@H]1C=CCC1)N1CCc2ccccc21. The Hall–Kier alpha value is -1.77. The number of hydrogen-bond donors (Lipinski definition) is 1. The van der Waals surface area contributed by atoms with Crippen LogP contribution in [0.25, 0.3) is 0 Å². The molecule has 21 heavy (non-hydrogen) atoms. The maximum atomic E-state index is 12.0. The molecule has 112 valence electrons. The van der Waals surface area contributed by atoms with Crippen molar-refractivity contribution in [3.63, 3.8) is 0 Å². The maximum Gasteiger partial charge on any atom is 0.220 e. The van der Waals surface area contributed by atoms with Gasteiger partial charge < -0.3 is 10.2 Å².